The van der Waals surface area contributed by atoms with Gasteiger partial charge < -0.3 is 4.74 Å². The minimum Gasteiger partial charge on any atom is -0.385 e. The van der Waals surface area contributed by atoms with E-state index in [0.29, 0.717) is 0 Å². The summed E-state index contributed by atoms with van der Waals surface area (Å²) in [7, 11) is 2.75. The molecule has 0 aliphatic heterocycles. The van der Waals surface area contributed by atoms with Crippen molar-refractivity contribution in [3.05, 3.63) is 0 Å². The second-order valence-electron chi connectivity index (χ2n) is 2.18. The summed E-state index contributed by atoms with van der Waals surface area (Å²) in [5.41, 5.74) is 0. The van der Waals surface area contributed by atoms with Gasteiger partial charge in [-0.05, 0) is 16.3 Å². The summed E-state index contributed by atoms with van der Waals surface area (Å²) >= 11 is 0. The lowest BCUT2D eigenvalue weighted by Gasteiger charge is -1.98. The third kappa shape index (κ3) is 17.8. The van der Waals surface area contributed by atoms with Crippen molar-refractivity contribution in [1.82, 2.24) is 0 Å². The van der Waals surface area contributed by atoms with Crippen molar-refractivity contribution in [3.8, 4) is 0 Å². The molecule has 0 amide bonds. The van der Waals surface area contributed by atoms with Gasteiger partial charge in [0.15, 0.2) is 0 Å². The number of rotatable bonds is 3. The van der Waals surface area contributed by atoms with E-state index < -0.39 is 0 Å². The van der Waals surface area contributed by atoms with E-state index in [1.165, 1.54) is 16.3 Å². The SMILES string of the molecule is COCC[SiH](C)C.C[SiH3]. The summed E-state index contributed by atoms with van der Waals surface area (Å²) in [6.07, 6.45) is 0. The standard InChI is InChI=1S/C5H14OSi.CH6Si/c1-6-4-5-7(2)3;1-2/h7H,4-5H2,1-3H3;1-2H3. The van der Waals surface area contributed by atoms with E-state index in [1.54, 1.807) is 7.11 Å². The molecule has 0 atom stereocenters. The third-order valence-corrected chi connectivity index (χ3v) is 2.29. The molecule has 0 aromatic heterocycles. The van der Waals surface area contributed by atoms with Gasteiger partial charge in [-0.25, -0.2) is 0 Å². The van der Waals surface area contributed by atoms with Gasteiger partial charge in [0.1, 0.15) is 0 Å². The summed E-state index contributed by atoms with van der Waals surface area (Å²) in [6, 6.07) is 1.32. The van der Waals surface area contributed by atoms with Crippen LogP contribution in [0.25, 0.3) is 0 Å². The molecule has 0 aromatic rings. The highest BCUT2D eigenvalue weighted by Crippen LogP contribution is 1.88. The molecule has 0 aliphatic rings. The Morgan fingerprint density at radius 1 is 1.33 bits per heavy atom. The highest BCUT2D eigenvalue weighted by molar-refractivity contribution is 6.55. The van der Waals surface area contributed by atoms with E-state index in [-0.39, 0.29) is 8.80 Å². The van der Waals surface area contributed by atoms with Crippen LogP contribution in [0, 0.1) is 0 Å². The van der Waals surface area contributed by atoms with Crippen molar-refractivity contribution in [3.63, 3.8) is 0 Å². The zero-order valence-electron chi connectivity index (χ0n) is 7.40. The first kappa shape index (κ1) is 12.1. The van der Waals surface area contributed by atoms with E-state index in [2.05, 4.69) is 19.6 Å². The van der Waals surface area contributed by atoms with Gasteiger partial charge >= 0.3 is 0 Å². The molecular weight excluding hydrogens is 144 g/mol. The highest BCUT2D eigenvalue weighted by Gasteiger charge is 1.91. The first-order valence-electron chi connectivity index (χ1n) is 3.76. The third-order valence-electron chi connectivity index (χ3n) is 0.899. The predicted molar refractivity (Wildman–Crippen MR) is 51.4 cm³/mol. The van der Waals surface area contributed by atoms with E-state index >= 15 is 0 Å². The number of methoxy groups -OCH3 is 1. The molecular formula is C6H20OSi2. The lowest BCUT2D eigenvalue weighted by atomic mass is 10.9. The fourth-order valence-corrected chi connectivity index (χ4v) is 1.06. The molecule has 58 valence electrons. The first-order chi connectivity index (χ1) is 4.27. The Bertz CT molecular complexity index is 40.0. The normalized spacial score (nSPS) is 9.00. The molecule has 0 heterocycles. The Morgan fingerprint density at radius 3 is 1.89 bits per heavy atom. The number of hydrogen-bond donors (Lipinski definition) is 0. The Kier molecular flexibility index (Phi) is 15.1. The van der Waals surface area contributed by atoms with Crippen LogP contribution in [-0.4, -0.2) is 32.8 Å². The van der Waals surface area contributed by atoms with E-state index in [4.69, 9.17) is 4.74 Å². The molecule has 0 fully saturated rings. The molecule has 0 saturated carbocycles. The van der Waals surface area contributed by atoms with Gasteiger partial charge in [0.2, 0.25) is 0 Å². The summed E-state index contributed by atoms with van der Waals surface area (Å²) in [5.74, 6) is 0. The van der Waals surface area contributed by atoms with Gasteiger partial charge in [-0.2, -0.15) is 0 Å². The van der Waals surface area contributed by atoms with Crippen LogP contribution in [-0.2, 0) is 4.74 Å². The van der Waals surface area contributed by atoms with Crippen molar-refractivity contribution in [2.24, 2.45) is 0 Å². The van der Waals surface area contributed by atoms with Crippen molar-refractivity contribution >= 4 is 19.0 Å². The molecule has 3 heteroatoms. The number of hydrogen-bond acceptors (Lipinski definition) is 1. The molecule has 0 N–H and O–H groups in total. The molecule has 0 radical (unpaired) electrons. The second-order valence-corrected chi connectivity index (χ2v) is 5.54. The van der Waals surface area contributed by atoms with Gasteiger partial charge in [-0.3, -0.25) is 0 Å². The van der Waals surface area contributed by atoms with Crippen LogP contribution in [0.2, 0.25) is 25.7 Å². The van der Waals surface area contributed by atoms with Crippen LogP contribution in [0.3, 0.4) is 0 Å². The van der Waals surface area contributed by atoms with Crippen molar-refractivity contribution < 1.29 is 4.74 Å². The lowest BCUT2D eigenvalue weighted by Crippen LogP contribution is -2.02. The Morgan fingerprint density at radius 2 is 1.78 bits per heavy atom. The van der Waals surface area contributed by atoms with Crippen molar-refractivity contribution in [1.29, 1.82) is 0 Å². The minimum absolute atomic E-state index is 0.313. The fourth-order valence-electron chi connectivity index (χ4n) is 0.354. The quantitative estimate of drug-likeness (QED) is 0.553. The minimum atomic E-state index is -0.313. The van der Waals surface area contributed by atoms with Crippen LogP contribution in [0.1, 0.15) is 0 Å². The monoisotopic (exact) mass is 164 g/mol. The van der Waals surface area contributed by atoms with E-state index in [0.717, 1.165) is 6.61 Å². The molecule has 0 bridgehead atoms. The predicted octanol–water partition coefficient (Wildman–Crippen LogP) is 0.519. The maximum atomic E-state index is 4.89. The average Bonchev–Trinajstić information content (AvgIpc) is 1.88. The van der Waals surface area contributed by atoms with Crippen LogP contribution >= 0.6 is 0 Å². The van der Waals surface area contributed by atoms with Gasteiger partial charge in [-0.15, -0.1) is 0 Å². The zero-order valence-corrected chi connectivity index (χ0v) is 10.6. The van der Waals surface area contributed by atoms with Gasteiger partial charge in [0.05, 0.1) is 0 Å². The summed E-state index contributed by atoms with van der Waals surface area (Å²) in [6.45, 7) is 7.77. The Hall–Kier alpha value is 0.394. The summed E-state index contributed by atoms with van der Waals surface area (Å²) in [5, 5.41) is 0. The maximum absolute atomic E-state index is 4.89. The van der Waals surface area contributed by atoms with Crippen molar-refractivity contribution in [2.45, 2.75) is 25.7 Å². The molecule has 0 saturated heterocycles. The second kappa shape index (κ2) is 11.2. The summed E-state index contributed by atoms with van der Waals surface area (Å²) < 4.78 is 4.89. The molecule has 9 heavy (non-hydrogen) atoms. The maximum Gasteiger partial charge on any atom is 0.0436 e. The largest absolute Gasteiger partial charge is 0.385 e. The van der Waals surface area contributed by atoms with Gasteiger partial charge in [0, 0.05) is 22.5 Å². The topological polar surface area (TPSA) is 9.23 Å². The van der Waals surface area contributed by atoms with E-state index in [1.807, 2.05) is 0 Å². The lowest BCUT2D eigenvalue weighted by molar-refractivity contribution is 0.215. The summed E-state index contributed by atoms with van der Waals surface area (Å²) in [4.78, 5) is 0. The van der Waals surface area contributed by atoms with Crippen LogP contribution in [0.5, 0.6) is 0 Å². The molecule has 0 aliphatic carbocycles. The van der Waals surface area contributed by atoms with E-state index in [9.17, 15) is 0 Å². The van der Waals surface area contributed by atoms with Crippen LogP contribution in [0.15, 0.2) is 0 Å². The van der Waals surface area contributed by atoms with Crippen LogP contribution < -0.4 is 0 Å². The molecule has 0 rings (SSSR count). The smallest absolute Gasteiger partial charge is 0.0436 e. The molecule has 0 unspecified atom stereocenters. The van der Waals surface area contributed by atoms with Gasteiger partial charge in [-0.1, -0.05) is 19.6 Å². The fraction of sp³-hybridized carbons (Fsp3) is 1.00. The van der Waals surface area contributed by atoms with Gasteiger partial charge in [0.25, 0.3) is 0 Å². The average molecular weight is 164 g/mol. The number of ether oxygens (including phenoxy) is 1. The first-order valence-corrected chi connectivity index (χ1v) is 8.89. The van der Waals surface area contributed by atoms with Crippen molar-refractivity contribution in [2.75, 3.05) is 13.7 Å². The Balaban J connectivity index is 0. The molecule has 1 nitrogen and oxygen atoms in total. The van der Waals surface area contributed by atoms with Crippen LogP contribution in [0.4, 0.5) is 0 Å². The molecule has 0 aromatic carbocycles. The Labute approximate surface area is 63.8 Å². The highest BCUT2D eigenvalue weighted by atomic mass is 28.3. The molecule has 0 spiro atoms. The zero-order chi connectivity index (χ0) is 7.70.